The van der Waals surface area contributed by atoms with E-state index in [1.165, 1.54) is 4.31 Å². The normalized spacial score (nSPS) is 15.8. The van der Waals surface area contributed by atoms with Crippen LogP contribution in [-0.2, 0) is 14.8 Å². The summed E-state index contributed by atoms with van der Waals surface area (Å²) in [6.07, 6.45) is 3.87. The van der Waals surface area contributed by atoms with Crippen molar-refractivity contribution in [2.45, 2.75) is 32.1 Å². The Morgan fingerprint density at radius 1 is 1.12 bits per heavy atom. The fourth-order valence-electron chi connectivity index (χ4n) is 2.62. The molecule has 1 N–H and O–H groups in total. The van der Waals surface area contributed by atoms with Crippen molar-refractivity contribution in [2.75, 3.05) is 32.0 Å². The lowest BCUT2D eigenvalue weighted by atomic mass is 10.2. The first kappa shape index (κ1) is 18.7. The minimum absolute atomic E-state index is 0.0285. The van der Waals surface area contributed by atoms with Crippen LogP contribution in [-0.4, -0.2) is 50.6 Å². The number of sulfonamides is 1. The highest BCUT2D eigenvalue weighted by Crippen LogP contribution is 2.13. The summed E-state index contributed by atoms with van der Waals surface area (Å²) >= 11 is 0. The Balaban J connectivity index is 1.57. The second-order valence-corrected chi connectivity index (χ2v) is 7.98. The highest BCUT2D eigenvalue weighted by molar-refractivity contribution is 7.89. The van der Waals surface area contributed by atoms with E-state index >= 15 is 0 Å². The van der Waals surface area contributed by atoms with Gasteiger partial charge in [0.05, 0.1) is 12.4 Å². The topological polar surface area (TPSA) is 75.7 Å². The Kier molecular flexibility index (Phi) is 7.52. The number of nitrogens with zero attached hydrogens (tertiary/aromatic N) is 1. The number of ether oxygens (including phenoxy) is 1. The summed E-state index contributed by atoms with van der Waals surface area (Å²) in [5, 5.41) is 2.68. The van der Waals surface area contributed by atoms with Crippen molar-refractivity contribution < 1.29 is 17.9 Å². The number of para-hydroxylation sites is 1. The van der Waals surface area contributed by atoms with Gasteiger partial charge in [-0.25, -0.2) is 12.7 Å². The van der Waals surface area contributed by atoms with E-state index in [0.717, 1.165) is 25.0 Å². The third kappa shape index (κ3) is 6.49. The molecule has 1 aromatic carbocycles. The van der Waals surface area contributed by atoms with Crippen molar-refractivity contribution in [3.8, 4) is 5.75 Å². The van der Waals surface area contributed by atoms with Crippen molar-refractivity contribution >= 4 is 15.9 Å². The van der Waals surface area contributed by atoms with Crippen molar-refractivity contribution in [3.05, 3.63) is 30.3 Å². The predicted octanol–water partition coefficient (Wildman–Crippen LogP) is 1.78. The van der Waals surface area contributed by atoms with Gasteiger partial charge in [-0.15, -0.1) is 0 Å². The minimum Gasteiger partial charge on any atom is -0.494 e. The molecule has 1 fully saturated rings. The highest BCUT2D eigenvalue weighted by Gasteiger charge is 2.23. The molecule has 1 saturated heterocycles. The van der Waals surface area contributed by atoms with Gasteiger partial charge < -0.3 is 10.1 Å². The SMILES string of the molecule is O=C(CCCOc1ccccc1)NCCS(=O)(=O)N1CCCCC1. The molecule has 134 valence electrons. The van der Waals surface area contributed by atoms with Gasteiger partial charge in [0, 0.05) is 26.1 Å². The van der Waals surface area contributed by atoms with E-state index in [1.54, 1.807) is 0 Å². The molecular weight excluding hydrogens is 328 g/mol. The first-order valence-electron chi connectivity index (χ1n) is 8.50. The molecule has 1 amide bonds. The Morgan fingerprint density at radius 3 is 2.54 bits per heavy atom. The molecule has 0 atom stereocenters. The van der Waals surface area contributed by atoms with Gasteiger partial charge in [0.1, 0.15) is 5.75 Å². The second kappa shape index (κ2) is 9.64. The van der Waals surface area contributed by atoms with Crippen LogP contribution in [0.3, 0.4) is 0 Å². The zero-order valence-electron chi connectivity index (χ0n) is 13.9. The third-order valence-electron chi connectivity index (χ3n) is 3.95. The molecule has 0 radical (unpaired) electrons. The summed E-state index contributed by atoms with van der Waals surface area (Å²) in [4.78, 5) is 11.7. The average Bonchev–Trinajstić information content (AvgIpc) is 2.60. The summed E-state index contributed by atoms with van der Waals surface area (Å²) in [6, 6.07) is 9.44. The minimum atomic E-state index is -3.25. The van der Waals surface area contributed by atoms with Crippen LogP contribution in [0.4, 0.5) is 0 Å². The van der Waals surface area contributed by atoms with E-state index in [2.05, 4.69) is 5.32 Å². The monoisotopic (exact) mass is 354 g/mol. The molecule has 24 heavy (non-hydrogen) atoms. The molecule has 0 aliphatic carbocycles. The molecule has 1 aromatic rings. The van der Waals surface area contributed by atoms with E-state index in [0.29, 0.717) is 32.5 Å². The number of piperidine rings is 1. The predicted molar refractivity (Wildman–Crippen MR) is 93.4 cm³/mol. The molecule has 1 aliphatic heterocycles. The summed E-state index contributed by atoms with van der Waals surface area (Å²) < 4.78 is 31.3. The second-order valence-electron chi connectivity index (χ2n) is 5.89. The van der Waals surface area contributed by atoms with Gasteiger partial charge in [-0.2, -0.15) is 0 Å². The van der Waals surface area contributed by atoms with E-state index in [9.17, 15) is 13.2 Å². The molecule has 6 nitrogen and oxygen atoms in total. The van der Waals surface area contributed by atoms with Gasteiger partial charge in [-0.3, -0.25) is 4.79 Å². The van der Waals surface area contributed by atoms with Gasteiger partial charge >= 0.3 is 0 Å². The van der Waals surface area contributed by atoms with Crippen LogP contribution in [0.25, 0.3) is 0 Å². The highest BCUT2D eigenvalue weighted by atomic mass is 32.2. The number of hydrogen-bond donors (Lipinski definition) is 1. The standard InChI is InChI=1S/C17H26N2O4S/c20-17(10-7-14-23-16-8-3-1-4-9-16)18-11-15-24(21,22)19-12-5-2-6-13-19/h1,3-4,8-9H,2,5-7,10-15H2,(H,18,20). The molecule has 0 spiro atoms. The van der Waals surface area contributed by atoms with Crippen molar-refractivity contribution in [2.24, 2.45) is 0 Å². The maximum absolute atomic E-state index is 12.1. The Labute approximate surface area is 144 Å². The lowest BCUT2D eigenvalue weighted by Gasteiger charge is -2.25. The van der Waals surface area contributed by atoms with E-state index in [4.69, 9.17) is 4.74 Å². The van der Waals surface area contributed by atoms with E-state index < -0.39 is 10.0 Å². The molecule has 0 aromatic heterocycles. The van der Waals surface area contributed by atoms with Crippen LogP contribution >= 0.6 is 0 Å². The van der Waals surface area contributed by atoms with Crippen molar-refractivity contribution in [1.82, 2.24) is 9.62 Å². The zero-order valence-corrected chi connectivity index (χ0v) is 14.8. The maximum Gasteiger partial charge on any atom is 0.220 e. The van der Waals surface area contributed by atoms with Crippen LogP contribution in [0.2, 0.25) is 0 Å². The summed E-state index contributed by atoms with van der Waals surface area (Å²) in [6.45, 7) is 1.83. The lowest BCUT2D eigenvalue weighted by molar-refractivity contribution is -0.121. The molecule has 0 unspecified atom stereocenters. The molecule has 2 rings (SSSR count). The molecule has 0 saturated carbocycles. The molecule has 1 aliphatic rings. The molecule has 1 heterocycles. The van der Waals surface area contributed by atoms with Crippen LogP contribution in [0.1, 0.15) is 32.1 Å². The maximum atomic E-state index is 12.1. The first-order chi connectivity index (χ1) is 11.6. The summed E-state index contributed by atoms with van der Waals surface area (Å²) in [5.41, 5.74) is 0. The average molecular weight is 354 g/mol. The zero-order chi connectivity index (χ0) is 17.3. The summed E-state index contributed by atoms with van der Waals surface area (Å²) in [5.74, 6) is 0.616. The molecular formula is C17H26N2O4S. The number of nitrogens with one attached hydrogen (secondary N) is 1. The van der Waals surface area contributed by atoms with Crippen LogP contribution < -0.4 is 10.1 Å². The largest absolute Gasteiger partial charge is 0.494 e. The van der Waals surface area contributed by atoms with E-state index in [1.807, 2.05) is 30.3 Å². The van der Waals surface area contributed by atoms with Gasteiger partial charge in [-0.1, -0.05) is 24.6 Å². The number of carbonyl (C=O) groups excluding carboxylic acids is 1. The van der Waals surface area contributed by atoms with E-state index in [-0.39, 0.29) is 18.2 Å². The van der Waals surface area contributed by atoms with Gasteiger partial charge in [0.25, 0.3) is 0 Å². The number of rotatable bonds is 9. The molecule has 0 bridgehead atoms. The Hall–Kier alpha value is -1.60. The number of hydrogen-bond acceptors (Lipinski definition) is 4. The Morgan fingerprint density at radius 2 is 1.83 bits per heavy atom. The number of carbonyl (C=O) groups is 1. The van der Waals surface area contributed by atoms with Crippen LogP contribution in [0.15, 0.2) is 30.3 Å². The van der Waals surface area contributed by atoms with Crippen LogP contribution in [0, 0.1) is 0 Å². The van der Waals surface area contributed by atoms with Gasteiger partial charge in [0.2, 0.25) is 15.9 Å². The smallest absolute Gasteiger partial charge is 0.220 e. The third-order valence-corrected chi connectivity index (χ3v) is 5.82. The van der Waals surface area contributed by atoms with Gasteiger partial charge in [0.15, 0.2) is 0 Å². The van der Waals surface area contributed by atoms with Gasteiger partial charge in [-0.05, 0) is 31.4 Å². The first-order valence-corrected chi connectivity index (χ1v) is 10.1. The van der Waals surface area contributed by atoms with Crippen molar-refractivity contribution in [1.29, 1.82) is 0 Å². The van der Waals surface area contributed by atoms with Crippen molar-refractivity contribution in [3.63, 3.8) is 0 Å². The fraction of sp³-hybridized carbons (Fsp3) is 0.588. The molecule has 7 heteroatoms. The Bertz CT molecular complexity index is 598. The summed E-state index contributed by atoms with van der Waals surface area (Å²) in [7, 11) is -3.25. The quantitative estimate of drug-likeness (QED) is 0.686. The number of amides is 1. The number of benzene rings is 1. The lowest BCUT2D eigenvalue weighted by Crippen LogP contribution is -2.40. The fourth-order valence-corrected chi connectivity index (χ4v) is 4.05. The van der Waals surface area contributed by atoms with Crippen LogP contribution in [0.5, 0.6) is 5.75 Å².